The van der Waals surface area contributed by atoms with Crippen molar-refractivity contribution in [1.82, 2.24) is 9.88 Å². The van der Waals surface area contributed by atoms with Crippen LogP contribution in [0.5, 0.6) is 0 Å². The van der Waals surface area contributed by atoms with Gasteiger partial charge >= 0.3 is 12.1 Å². The first kappa shape index (κ1) is 18.1. The van der Waals surface area contributed by atoms with E-state index in [-0.39, 0.29) is 12.1 Å². The number of fused-ring (bicyclic) bond motifs is 1. The zero-order valence-electron chi connectivity index (χ0n) is 15.7. The van der Waals surface area contributed by atoms with Gasteiger partial charge in [-0.15, -0.1) is 0 Å². The van der Waals surface area contributed by atoms with Crippen LogP contribution in [0.4, 0.5) is 10.5 Å². The quantitative estimate of drug-likeness (QED) is 0.834. The summed E-state index contributed by atoms with van der Waals surface area (Å²) in [6, 6.07) is 5.67. The maximum Gasteiger partial charge on any atom is 0.410 e. The van der Waals surface area contributed by atoms with Crippen molar-refractivity contribution in [2.45, 2.75) is 26.4 Å². The zero-order valence-corrected chi connectivity index (χ0v) is 15.7. The van der Waals surface area contributed by atoms with E-state index in [1.54, 1.807) is 11.0 Å². The predicted molar refractivity (Wildman–Crippen MR) is 99.7 cm³/mol. The molecule has 0 atom stereocenters. The van der Waals surface area contributed by atoms with E-state index in [4.69, 9.17) is 9.47 Å². The van der Waals surface area contributed by atoms with Gasteiger partial charge in [-0.3, -0.25) is 0 Å². The highest BCUT2D eigenvalue weighted by Gasteiger charge is 2.27. The van der Waals surface area contributed by atoms with Crippen LogP contribution in [0, 0.1) is 0 Å². The molecule has 0 saturated carbocycles. The molecule has 0 aliphatic carbocycles. The van der Waals surface area contributed by atoms with Crippen molar-refractivity contribution in [3.05, 3.63) is 30.0 Å². The van der Waals surface area contributed by atoms with Gasteiger partial charge in [0.05, 0.1) is 18.2 Å². The molecule has 1 aliphatic heterocycles. The molecule has 1 fully saturated rings. The van der Waals surface area contributed by atoms with E-state index in [2.05, 4.69) is 9.88 Å². The number of carbonyl (C=O) groups is 2. The average Bonchev–Trinajstić information content (AvgIpc) is 3.08. The largest absolute Gasteiger partial charge is 0.465 e. The smallest absolute Gasteiger partial charge is 0.410 e. The number of amides is 1. The molecular weight excluding hydrogens is 334 g/mol. The molecule has 1 N–H and O–H groups in total. The summed E-state index contributed by atoms with van der Waals surface area (Å²) in [5.41, 5.74) is 1.83. The van der Waals surface area contributed by atoms with E-state index in [9.17, 15) is 9.59 Å². The van der Waals surface area contributed by atoms with Gasteiger partial charge in [-0.1, -0.05) is 0 Å². The Kier molecular flexibility index (Phi) is 4.80. The van der Waals surface area contributed by atoms with E-state index in [0.29, 0.717) is 31.7 Å². The van der Waals surface area contributed by atoms with Gasteiger partial charge < -0.3 is 24.3 Å². The van der Waals surface area contributed by atoms with E-state index < -0.39 is 5.60 Å². The van der Waals surface area contributed by atoms with Gasteiger partial charge in [-0.2, -0.15) is 0 Å². The first-order valence-electron chi connectivity index (χ1n) is 8.71. The van der Waals surface area contributed by atoms with E-state index >= 15 is 0 Å². The fourth-order valence-electron chi connectivity index (χ4n) is 3.15. The lowest BCUT2D eigenvalue weighted by Crippen LogP contribution is -2.50. The van der Waals surface area contributed by atoms with Crippen LogP contribution in [0.15, 0.2) is 24.4 Å². The molecule has 26 heavy (non-hydrogen) atoms. The Bertz CT molecular complexity index is 814. The van der Waals surface area contributed by atoms with E-state index in [1.165, 1.54) is 7.11 Å². The van der Waals surface area contributed by atoms with Crippen LogP contribution in [-0.2, 0) is 9.47 Å². The van der Waals surface area contributed by atoms with Crippen molar-refractivity contribution >= 4 is 28.7 Å². The van der Waals surface area contributed by atoms with Crippen molar-refractivity contribution in [1.29, 1.82) is 0 Å². The van der Waals surface area contributed by atoms with Crippen LogP contribution in [-0.4, -0.2) is 60.8 Å². The fraction of sp³-hybridized carbons (Fsp3) is 0.474. The molecule has 1 saturated heterocycles. The lowest BCUT2D eigenvalue weighted by atomic mass is 10.1. The fourth-order valence-corrected chi connectivity index (χ4v) is 3.15. The number of nitrogens with zero attached hydrogens (tertiary/aromatic N) is 2. The number of carbonyl (C=O) groups excluding carboxylic acids is 2. The van der Waals surface area contributed by atoms with Crippen LogP contribution in [0.2, 0.25) is 0 Å². The highest BCUT2D eigenvalue weighted by molar-refractivity contribution is 6.07. The van der Waals surface area contributed by atoms with Gasteiger partial charge in [0.1, 0.15) is 5.60 Å². The maximum atomic E-state index is 12.2. The molecule has 1 aliphatic rings. The third-order valence-corrected chi connectivity index (χ3v) is 4.38. The molecule has 1 aromatic heterocycles. The first-order valence-corrected chi connectivity index (χ1v) is 8.71. The average molecular weight is 359 g/mol. The topological polar surface area (TPSA) is 74.9 Å². The summed E-state index contributed by atoms with van der Waals surface area (Å²) < 4.78 is 10.3. The van der Waals surface area contributed by atoms with Gasteiger partial charge in [0, 0.05) is 43.4 Å². The second-order valence-corrected chi connectivity index (χ2v) is 7.34. The number of methoxy groups -OCH3 is 1. The normalized spacial score (nSPS) is 15.2. The number of hydrogen-bond donors (Lipinski definition) is 1. The minimum atomic E-state index is -0.491. The number of benzene rings is 1. The molecule has 0 spiro atoms. The standard InChI is InChI=1S/C19H25N3O4/c1-19(2,3)26-18(24)22-11-9-21(10-12-22)15-6-5-14(17(23)25-4)16-13(15)7-8-20-16/h5-8,20H,9-12H2,1-4H3. The maximum absolute atomic E-state index is 12.2. The molecule has 140 valence electrons. The van der Waals surface area contributed by atoms with Crippen molar-refractivity contribution in [3.8, 4) is 0 Å². The van der Waals surface area contributed by atoms with E-state index in [0.717, 1.165) is 16.6 Å². The lowest BCUT2D eigenvalue weighted by molar-refractivity contribution is 0.0240. The Hall–Kier alpha value is -2.70. The highest BCUT2D eigenvalue weighted by Crippen LogP contribution is 2.30. The highest BCUT2D eigenvalue weighted by atomic mass is 16.6. The molecule has 0 radical (unpaired) electrons. The number of H-pyrrole nitrogens is 1. The van der Waals surface area contributed by atoms with Gasteiger partial charge in [-0.25, -0.2) is 9.59 Å². The Morgan fingerprint density at radius 3 is 2.38 bits per heavy atom. The number of aromatic nitrogens is 1. The predicted octanol–water partition coefficient (Wildman–Crippen LogP) is 3.01. The molecule has 3 rings (SSSR count). The molecule has 7 heteroatoms. The number of aromatic amines is 1. The Morgan fingerprint density at radius 1 is 1.08 bits per heavy atom. The molecular formula is C19H25N3O4. The second kappa shape index (κ2) is 6.90. The van der Waals surface area contributed by atoms with Crippen LogP contribution in [0.3, 0.4) is 0 Å². The number of piperazine rings is 1. The SMILES string of the molecule is COC(=O)c1ccc(N2CCN(C(=O)OC(C)(C)C)CC2)c2cc[nH]c12. The Morgan fingerprint density at radius 2 is 1.77 bits per heavy atom. The van der Waals surface area contributed by atoms with Crippen molar-refractivity contribution in [3.63, 3.8) is 0 Å². The number of hydrogen-bond acceptors (Lipinski definition) is 5. The van der Waals surface area contributed by atoms with E-state index in [1.807, 2.05) is 39.1 Å². The number of anilines is 1. The summed E-state index contributed by atoms with van der Waals surface area (Å²) in [6.07, 6.45) is 1.54. The molecule has 1 amide bonds. The molecule has 2 aromatic rings. The minimum absolute atomic E-state index is 0.273. The summed E-state index contributed by atoms with van der Waals surface area (Å²) >= 11 is 0. The number of esters is 1. The van der Waals surface area contributed by atoms with Crippen LogP contribution < -0.4 is 4.90 Å². The Labute approximate surface area is 152 Å². The monoisotopic (exact) mass is 359 g/mol. The van der Waals surface area contributed by atoms with Gasteiger partial charge in [-0.05, 0) is 39.0 Å². The third-order valence-electron chi connectivity index (χ3n) is 4.38. The number of rotatable bonds is 2. The summed E-state index contributed by atoms with van der Waals surface area (Å²) in [4.78, 5) is 31.2. The van der Waals surface area contributed by atoms with Crippen molar-refractivity contribution in [2.24, 2.45) is 0 Å². The van der Waals surface area contributed by atoms with Gasteiger partial charge in [0.25, 0.3) is 0 Å². The van der Waals surface area contributed by atoms with Gasteiger partial charge in [0.15, 0.2) is 0 Å². The van der Waals surface area contributed by atoms with Gasteiger partial charge in [0.2, 0.25) is 0 Å². The van der Waals surface area contributed by atoms with Crippen molar-refractivity contribution < 1.29 is 19.1 Å². The van der Waals surface area contributed by atoms with Crippen LogP contribution in [0.25, 0.3) is 10.9 Å². The Balaban J connectivity index is 1.75. The third kappa shape index (κ3) is 3.61. The zero-order chi connectivity index (χ0) is 18.9. The van der Waals surface area contributed by atoms with Crippen molar-refractivity contribution in [2.75, 3.05) is 38.2 Å². The summed E-state index contributed by atoms with van der Waals surface area (Å²) in [5.74, 6) is -0.362. The van der Waals surface area contributed by atoms with Crippen LogP contribution >= 0.6 is 0 Å². The molecule has 7 nitrogen and oxygen atoms in total. The lowest BCUT2D eigenvalue weighted by Gasteiger charge is -2.37. The summed E-state index contributed by atoms with van der Waals surface area (Å²) in [7, 11) is 1.38. The molecule has 2 heterocycles. The number of nitrogens with one attached hydrogen (secondary N) is 1. The summed E-state index contributed by atoms with van der Waals surface area (Å²) in [5, 5.41) is 0.971. The second-order valence-electron chi connectivity index (χ2n) is 7.34. The first-order chi connectivity index (χ1) is 12.3. The summed E-state index contributed by atoms with van der Waals surface area (Å²) in [6.45, 7) is 8.21. The number of ether oxygens (including phenoxy) is 2. The minimum Gasteiger partial charge on any atom is -0.465 e. The molecule has 1 aromatic carbocycles. The van der Waals surface area contributed by atoms with Crippen LogP contribution in [0.1, 0.15) is 31.1 Å². The molecule has 0 unspecified atom stereocenters. The molecule has 0 bridgehead atoms.